The molecule has 0 fully saturated rings. The molecule has 1 N–H and O–H groups in total. The maximum absolute atomic E-state index is 10.7. The summed E-state index contributed by atoms with van der Waals surface area (Å²) in [7, 11) is 1.86. The third-order valence-corrected chi connectivity index (χ3v) is 3.54. The van der Waals surface area contributed by atoms with Crippen molar-refractivity contribution in [1.82, 2.24) is 10.3 Å². The Morgan fingerprint density at radius 1 is 1.38 bits per heavy atom. The number of ether oxygens (including phenoxy) is 1. The zero-order valence-corrected chi connectivity index (χ0v) is 13.0. The summed E-state index contributed by atoms with van der Waals surface area (Å²) in [6.07, 6.45) is 1.66. The van der Waals surface area contributed by atoms with Crippen molar-refractivity contribution in [2.45, 2.75) is 13.2 Å². The molecule has 0 atom stereocenters. The summed E-state index contributed by atoms with van der Waals surface area (Å²) in [5.41, 5.74) is 1.81. The average molecular weight is 352 g/mol. The van der Waals surface area contributed by atoms with E-state index in [9.17, 15) is 10.1 Å². The quantitative estimate of drug-likeness (QED) is 0.639. The van der Waals surface area contributed by atoms with Gasteiger partial charge in [0, 0.05) is 28.7 Å². The molecule has 1 heterocycles. The predicted molar refractivity (Wildman–Crippen MR) is 82.1 cm³/mol. The van der Waals surface area contributed by atoms with E-state index in [2.05, 4.69) is 26.2 Å². The number of rotatable bonds is 6. The molecule has 0 aliphatic heterocycles. The molecule has 0 aliphatic carbocycles. The second-order valence-corrected chi connectivity index (χ2v) is 5.19. The highest BCUT2D eigenvalue weighted by Crippen LogP contribution is 2.24. The summed E-state index contributed by atoms with van der Waals surface area (Å²) in [5, 5.41) is 13.7. The van der Waals surface area contributed by atoms with Crippen LogP contribution >= 0.6 is 15.9 Å². The summed E-state index contributed by atoms with van der Waals surface area (Å²) in [5.74, 6) is 0.653. The number of nitro benzene ring substituents is 1. The smallest absolute Gasteiger partial charge is 0.270 e. The molecule has 110 valence electrons. The number of non-ortho nitro benzene ring substituents is 1. The third kappa shape index (κ3) is 4.24. The highest BCUT2D eigenvalue weighted by atomic mass is 79.9. The van der Waals surface area contributed by atoms with E-state index in [1.165, 1.54) is 12.1 Å². The van der Waals surface area contributed by atoms with Crippen LogP contribution in [0.15, 0.2) is 41.0 Å². The van der Waals surface area contributed by atoms with Crippen LogP contribution in [0.2, 0.25) is 0 Å². The van der Waals surface area contributed by atoms with Gasteiger partial charge in [-0.2, -0.15) is 0 Å². The van der Waals surface area contributed by atoms with Gasteiger partial charge < -0.3 is 10.1 Å². The lowest BCUT2D eigenvalue weighted by Crippen LogP contribution is -2.06. The van der Waals surface area contributed by atoms with E-state index in [4.69, 9.17) is 4.74 Å². The van der Waals surface area contributed by atoms with E-state index in [-0.39, 0.29) is 5.69 Å². The molecule has 0 saturated heterocycles. The average Bonchev–Trinajstić information content (AvgIpc) is 2.47. The Balaban J connectivity index is 2.01. The number of nitro groups is 1. The molecule has 0 radical (unpaired) electrons. The Morgan fingerprint density at radius 3 is 2.76 bits per heavy atom. The van der Waals surface area contributed by atoms with Crippen molar-refractivity contribution < 1.29 is 9.66 Å². The summed E-state index contributed by atoms with van der Waals surface area (Å²) >= 11 is 3.31. The fourth-order valence-electron chi connectivity index (χ4n) is 1.71. The highest BCUT2D eigenvalue weighted by molar-refractivity contribution is 9.10. The first-order valence-electron chi connectivity index (χ1n) is 6.25. The van der Waals surface area contributed by atoms with Crippen molar-refractivity contribution in [3.8, 4) is 5.75 Å². The summed E-state index contributed by atoms with van der Waals surface area (Å²) in [4.78, 5) is 14.5. The number of nitrogens with one attached hydrogen (secondary N) is 1. The van der Waals surface area contributed by atoms with Crippen LogP contribution < -0.4 is 10.1 Å². The van der Waals surface area contributed by atoms with E-state index in [1.54, 1.807) is 12.3 Å². The number of benzene rings is 1. The largest absolute Gasteiger partial charge is 0.487 e. The molecule has 0 unspecified atom stereocenters. The van der Waals surface area contributed by atoms with Crippen LogP contribution in [-0.4, -0.2) is 17.0 Å². The van der Waals surface area contributed by atoms with E-state index < -0.39 is 4.92 Å². The molecule has 0 bridgehead atoms. The van der Waals surface area contributed by atoms with Gasteiger partial charge in [0.25, 0.3) is 5.69 Å². The molecule has 0 aliphatic rings. The van der Waals surface area contributed by atoms with Gasteiger partial charge in [-0.3, -0.25) is 15.1 Å². The minimum absolute atomic E-state index is 0.0451. The molecule has 1 aromatic carbocycles. The molecule has 0 amide bonds. The summed E-state index contributed by atoms with van der Waals surface area (Å²) in [6, 6.07) is 8.32. The highest BCUT2D eigenvalue weighted by Gasteiger charge is 2.09. The molecular formula is C14H14BrN3O3. The maximum atomic E-state index is 10.7. The number of hydrogen-bond acceptors (Lipinski definition) is 5. The van der Waals surface area contributed by atoms with Crippen LogP contribution in [0.5, 0.6) is 5.75 Å². The standard InChI is InChI=1S/C14H14BrN3O3/c1-16-7-11-3-5-13(8-17-11)21-9-10-2-4-12(18(19)20)6-14(10)15/h2-6,8,16H,7,9H2,1H3. The fraction of sp³-hybridized carbons (Fsp3) is 0.214. The van der Waals surface area contributed by atoms with Crippen LogP contribution in [0.1, 0.15) is 11.3 Å². The van der Waals surface area contributed by atoms with Gasteiger partial charge in [0.2, 0.25) is 0 Å². The zero-order chi connectivity index (χ0) is 15.2. The minimum Gasteiger partial charge on any atom is -0.487 e. The number of nitrogens with zero attached hydrogens (tertiary/aromatic N) is 2. The molecule has 1 aromatic heterocycles. The number of halogens is 1. The molecule has 7 heteroatoms. The first-order chi connectivity index (χ1) is 10.1. The Labute approximate surface area is 130 Å². The van der Waals surface area contributed by atoms with Crippen molar-refractivity contribution in [3.05, 3.63) is 62.4 Å². The van der Waals surface area contributed by atoms with Gasteiger partial charge in [0.05, 0.1) is 16.8 Å². The Kier molecular flexibility index (Phi) is 5.24. The maximum Gasteiger partial charge on any atom is 0.270 e. The predicted octanol–water partition coefficient (Wildman–Crippen LogP) is 3.05. The molecule has 2 rings (SSSR count). The van der Waals surface area contributed by atoms with Crippen molar-refractivity contribution in [3.63, 3.8) is 0 Å². The van der Waals surface area contributed by atoms with Crippen molar-refractivity contribution in [2.75, 3.05) is 7.05 Å². The van der Waals surface area contributed by atoms with E-state index >= 15 is 0 Å². The Hall–Kier alpha value is -1.99. The van der Waals surface area contributed by atoms with Gasteiger partial charge in [-0.15, -0.1) is 0 Å². The minimum atomic E-state index is -0.431. The van der Waals surface area contributed by atoms with Gasteiger partial charge in [-0.1, -0.05) is 15.9 Å². The topological polar surface area (TPSA) is 77.3 Å². The lowest BCUT2D eigenvalue weighted by Gasteiger charge is -2.08. The van der Waals surface area contributed by atoms with Gasteiger partial charge in [-0.05, 0) is 25.2 Å². The summed E-state index contributed by atoms with van der Waals surface area (Å²) < 4.78 is 6.27. The number of aromatic nitrogens is 1. The molecular weight excluding hydrogens is 338 g/mol. The fourth-order valence-corrected chi connectivity index (χ4v) is 2.19. The Bertz CT molecular complexity index is 632. The molecule has 0 saturated carbocycles. The monoisotopic (exact) mass is 351 g/mol. The molecule has 0 spiro atoms. The zero-order valence-electron chi connectivity index (χ0n) is 11.4. The first-order valence-corrected chi connectivity index (χ1v) is 7.04. The molecule has 6 nitrogen and oxygen atoms in total. The lowest BCUT2D eigenvalue weighted by atomic mass is 10.2. The van der Waals surface area contributed by atoms with Crippen LogP contribution in [0.4, 0.5) is 5.69 Å². The SMILES string of the molecule is CNCc1ccc(OCc2ccc([N+](=O)[O-])cc2Br)cn1. The van der Waals surface area contributed by atoms with E-state index in [0.29, 0.717) is 23.4 Å². The van der Waals surface area contributed by atoms with Crippen molar-refractivity contribution in [2.24, 2.45) is 0 Å². The van der Waals surface area contributed by atoms with Crippen LogP contribution in [-0.2, 0) is 13.2 Å². The van der Waals surface area contributed by atoms with Crippen molar-refractivity contribution in [1.29, 1.82) is 0 Å². The van der Waals surface area contributed by atoms with Gasteiger partial charge in [0.1, 0.15) is 12.4 Å². The number of pyridine rings is 1. The van der Waals surface area contributed by atoms with Gasteiger partial charge in [-0.25, -0.2) is 0 Å². The van der Waals surface area contributed by atoms with Crippen LogP contribution in [0.3, 0.4) is 0 Å². The lowest BCUT2D eigenvalue weighted by molar-refractivity contribution is -0.384. The summed E-state index contributed by atoms with van der Waals surface area (Å²) in [6.45, 7) is 1.01. The van der Waals surface area contributed by atoms with E-state index in [1.807, 2.05) is 19.2 Å². The van der Waals surface area contributed by atoms with Gasteiger partial charge >= 0.3 is 0 Å². The van der Waals surface area contributed by atoms with E-state index in [0.717, 1.165) is 11.3 Å². The van der Waals surface area contributed by atoms with Crippen molar-refractivity contribution >= 4 is 21.6 Å². The van der Waals surface area contributed by atoms with Crippen LogP contribution in [0.25, 0.3) is 0 Å². The Morgan fingerprint density at radius 2 is 2.19 bits per heavy atom. The van der Waals surface area contributed by atoms with Gasteiger partial charge in [0.15, 0.2) is 0 Å². The number of hydrogen-bond donors (Lipinski definition) is 1. The second kappa shape index (κ2) is 7.14. The first kappa shape index (κ1) is 15.4. The van der Waals surface area contributed by atoms with Crippen LogP contribution in [0, 0.1) is 10.1 Å². The second-order valence-electron chi connectivity index (χ2n) is 4.34. The molecule has 21 heavy (non-hydrogen) atoms. The normalized spacial score (nSPS) is 10.4. The third-order valence-electron chi connectivity index (χ3n) is 2.80. The molecule has 2 aromatic rings.